The topological polar surface area (TPSA) is 87.1 Å². The van der Waals surface area contributed by atoms with Crippen molar-refractivity contribution in [2.45, 2.75) is 13.1 Å². The van der Waals surface area contributed by atoms with E-state index in [0.717, 1.165) is 17.5 Å². The van der Waals surface area contributed by atoms with Crippen LogP contribution in [-0.2, 0) is 6.18 Å². The number of para-hydroxylation sites is 1. The lowest BCUT2D eigenvalue weighted by Gasteiger charge is -2.10. The molecule has 166 valence electrons. The van der Waals surface area contributed by atoms with Crippen LogP contribution in [0.5, 0.6) is 0 Å². The highest BCUT2D eigenvalue weighted by atomic mass is 19.4. The van der Waals surface area contributed by atoms with Crippen molar-refractivity contribution in [3.8, 4) is 0 Å². The van der Waals surface area contributed by atoms with Crippen LogP contribution >= 0.6 is 0 Å². The first-order valence-corrected chi connectivity index (χ1v) is 9.97. The molecule has 0 aliphatic heterocycles. The van der Waals surface area contributed by atoms with E-state index in [4.69, 9.17) is 0 Å². The normalized spacial score (nSPS) is 11.8. The fourth-order valence-electron chi connectivity index (χ4n) is 3.57. The Labute approximate surface area is 185 Å². The van der Waals surface area contributed by atoms with Crippen LogP contribution in [-0.4, -0.2) is 25.3 Å². The summed E-state index contributed by atoms with van der Waals surface area (Å²) in [5.74, 6) is 0.847. The first-order chi connectivity index (χ1) is 15.8. The van der Waals surface area contributed by atoms with Gasteiger partial charge in [0.15, 0.2) is 5.69 Å². The van der Waals surface area contributed by atoms with Crippen molar-refractivity contribution >= 4 is 39.8 Å². The molecular formula is C23H17F3N6O. The number of carbonyl (C=O) groups excluding carboxylic acids is 1. The Bertz CT molecular complexity index is 1480. The number of carbonyl (C=O) groups is 1. The van der Waals surface area contributed by atoms with Crippen LogP contribution in [0.1, 0.15) is 21.9 Å². The van der Waals surface area contributed by atoms with Gasteiger partial charge >= 0.3 is 6.18 Å². The number of imidazole rings is 2. The maximum Gasteiger partial charge on any atom is 0.434 e. The van der Waals surface area contributed by atoms with Gasteiger partial charge in [0.25, 0.3) is 5.91 Å². The summed E-state index contributed by atoms with van der Waals surface area (Å²) in [4.78, 5) is 23.9. The van der Waals surface area contributed by atoms with Crippen LogP contribution in [0.3, 0.4) is 0 Å². The van der Waals surface area contributed by atoms with E-state index in [2.05, 4.69) is 25.6 Å². The number of H-pyrrole nitrogens is 1. The lowest BCUT2D eigenvalue weighted by atomic mass is 10.1. The Hall–Kier alpha value is -4.34. The van der Waals surface area contributed by atoms with E-state index in [9.17, 15) is 18.0 Å². The highest BCUT2D eigenvalue weighted by Gasteiger charge is 2.34. The number of nitrogens with zero attached hydrogens (tertiary/aromatic N) is 3. The Kier molecular flexibility index (Phi) is 4.77. The Morgan fingerprint density at radius 2 is 1.70 bits per heavy atom. The lowest BCUT2D eigenvalue weighted by Crippen LogP contribution is -2.12. The van der Waals surface area contributed by atoms with Crippen LogP contribution in [0, 0.1) is 6.92 Å². The van der Waals surface area contributed by atoms with Crippen LogP contribution < -0.4 is 10.6 Å². The van der Waals surface area contributed by atoms with Crippen molar-refractivity contribution in [3.05, 3.63) is 83.9 Å². The van der Waals surface area contributed by atoms with Crippen molar-refractivity contribution in [2.24, 2.45) is 0 Å². The zero-order valence-electron chi connectivity index (χ0n) is 17.2. The second kappa shape index (κ2) is 7.66. The van der Waals surface area contributed by atoms with Crippen LogP contribution in [0.4, 0.5) is 30.4 Å². The molecule has 0 atom stereocenters. The summed E-state index contributed by atoms with van der Waals surface area (Å²) in [6, 6.07) is 16.9. The molecule has 7 nitrogen and oxygen atoms in total. The van der Waals surface area contributed by atoms with Crippen LogP contribution in [0.25, 0.3) is 16.7 Å². The Morgan fingerprint density at radius 1 is 0.970 bits per heavy atom. The molecule has 3 N–H and O–H groups in total. The summed E-state index contributed by atoms with van der Waals surface area (Å²) in [6.07, 6.45) is -3.58. The number of benzene rings is 2. The molecule has 1 amide bonds. The summed E-state index contributed by atoms with van der Waals surface area (Å²) >= 11 is 0. The summed E-state index contributed by atoms with van der Waals surface area (Å²) < 4.78 is 40.4. The quantitative estimate of drug-likeness (QED) is 0.336. The number of hydrogen-bond donors (Lipinski definition) is 3. The number of halogens is 3. The number of anilines is 3. The number of rotatable bonds is 4. The predicted molar refractivity (Wildman–Crippen MR) is 119 cm³/mol. The van der Waals surface area contributed by atoms with E-state index in [1.54, 1.807) is 48.5 Å². The van der Waals surface area contributed by atoms with Gasteiger partial charge in [-0.05, 0) is 55.5 Å². The number of aromatic amines is 1. The molecule has 10 heteroatoms. The third kappa shape index (κ3) is 3.98. The average Bonchev–Trinajstić information content (AvgIpc) is 3.38. The fraction of sp³-hybridized carbons (Fsp3) is 0.0870. The van der Waals surface area contributed by atoms with Gasteiger partial charge in [-0.2, -0.15) is 13.2 Å². The van der Waals surface area contributed by atoms with Crippen molar-refractivity contribution in [1.29, 1.82) is 0 Å². The van der Waals surface area contributed by atoms with Gasteiger partial charge in [-0.3, -0.25) is 9.20 Å². The minimum Gasteiger partial charge on any atom is -0.342 e. The number of aromatic nitrogens is 4. The van der Waals surface area contributed by atoms with Gasteiger partial charge < -0.3 is 15.6 Å². The minimum absolute atomic E-state index is 0.180. The molecule has 5 rings (SSSR count). The monoisotopic (exact) mass is 450 g/mol. The zero-order valence-corrected chi connectivity index (χ0v) is 17.2. The van der Waals surface area contributed by atoms with Gasteiger partial charge in [0.05, 0.1) is 11.1 Å². The first-order valence-electron chi connectivity index (χ1n) is 9.97. The number of hydrogen-bond acceptors (Lipinski definition) is 4. The molecular weight excluding hydrogens is 433 g/mol. The second-order valence-corrected chi connectivity index (χ2v) is 7.44. The molecule has 0 bridgehead atoms. The molecule has 0 aliphatic carbocycles. The smallest absolute Gasteiger partial charge is 0.342 e. The zero-order chi connectivity index (χ0) is 23.2. The fourth-order valence-corrected chi connectivity index (χ4v) is 3.57. The summed E-state index contributed by atoms with van der Waals surface area (Å²) in [7, 11) is 0. The Balaban J connectivity index is 1.35. The maximum absolute atomic E-state index is 13.0. The summed E-state index contributed by atoms with van der Waals surface area (Å²) in [5.41, 5.74) is 2.24. The molecule has 0 spiro atoms. The van der Waals surface area contributed by atoms with E-state index in [1.165, 1.54) is 10.5 Å². The van der Waals surface area contributed by atoms with Crippen molar-refractivity contribution in [3.63, 3.8) is 0 Å². The van der Waals surface area contributed by atoms with Crippen LogP contribution in [0.15, 0.2) is 66.9 Å². The molecule has 0 saturated carbocycles. The maximum atomic E-state index is 13.0. The standard InChI is InChI=1S/C23H17F3N6O/c1-13-27-17-5-2-4-16(21(17)28-13)22(33)30-15-10-8-14(9-11-15)29-19-6-3-7-20-31-18(12-32(19)20)23(24,25)26/h2-12,29H,1H3,(H,27,28)(H,30,33). The molecule has 0 radical (unpaired) electrons. The van der Waals surface area contributed by atoms with Gasteiger partial charge in [0, 0.05) is 17.6 Å². The molecule has 3 heterocycles. The molecule has 0 saturated heterocycles. The lowest BCUT2D eigenvalue weighted by molar-refractivity contribution is -0.140. The van der Waals surface area contributed by atoms with E-state index < -0.39 is 11.9 Å². The number of pyridine rings is 1. The summed E-state index contributed by atoms with van der Waals surface area (Å²) in [6.45, 7) is 1.82. The average molecular weight is 450 g/mol. The van der Waals surface area contributed by atoms with E-state index in [0.29, 0.717) is 28.3 Å². The minimum atomic E-state index is -4.53. The largest absolute Gasteiger partial charge is 0.434 e. The molecule has 3 aromatic heterocycles. The number of aryl methyl sites for hydroxylation is 1. The highest BCUT2D eigenvalue weighted by molar-refractivity contribution is 6.11. The first kappa shape index (κ1) is 20.6. The Morgan fingerprint density at radius 3 is 2.45 bits per heavy atom. The molecule has 2 aromatic carbocycles. The van der Waals surface area contributed by atoms with Crippen molar-refractivity contribution in [1.82, 2.24) is 19.4 Å². The van der Waals surface area contributed by atoms with Crippen molar-refractivity contribution < 1.29 is 18.0 Å². The van der Waals surface area contributed by atoms with E-state index in [1.807, 2.05) is 13.0 Å². The predicted octanol–water partition coefficient (Wildman–Crippen LogP) is 5.53. The third-order valence-electron chi connectivity index (χ3n) is 5.07. The van der Waals surface area contributed by atoms with Gasteiger partial charge in [-0.25, -0.2) is 9.97 Å². The van der Waals surface area contributed by atoms with E-state index in [-0.39, 0.29) is 11.6 Å². The number of alkyl halides is 3. The van der Waals surface area contributed by atoms with Gasteiger partial charge in [-0.1, -0.05) is 12.1 Å². The highest BCUT2D eigenvalue weighted by Crippen LogP contribution is 2.30. The molecule has 0 unspecified atom stereocenters. The number of amides is 1. The number of fused-ring (bicyclic) bond motifs is 2. The van der Waals surface area contributed by atoms with Gasteiger partial charge in [0.2, 0.25) is 0 Å². The number of nitrogens with one attached hydrogen (secondary N) is 3. The van der Waals surface area contributed by atoms with Gasteiger partial charge in [-0.15, -0.1) is 0 Å². The van der Waals surface area contributed by atoms with Gasteiger partial charge in [0.1, 0.15) is 22.8 Å². The molecule has 0 fully saturated rings. The summed E-state index contributed by atoms with van der Waals surface area (Å²) in [5, 5.41) is 5.92. The molecule has 0 aliphatic rings. The SMILES string of the molecule is Cc1nc2c(C(=O)Nc3ccc(Nc4cccc5nc(C(F)(F)F)cn45)cc3)cccc2[nH]1. The second-order valence-electron chi connectivity index (χ2n) is 7.44. The molecule has 33 heavy (non-hydrogen) atoms. The van der Waals surface area contributed by atoms with Crippen LogP contribution in [0.2, 0.25) is 0 Å². The van der Waals surface area contributed by atoms with E-state index >= 15 is 0 Å². The molecule has 5 aromatic rings. The third-order valence-corrected chi connectivity index (χ3v) is 5.07. The van der Waals surface area contributed by atoms with Crippen molar-refractivity contribution in [2.75, 3.05) is 10.6 Å².